The van der Waals surface area contributed by atoms with Crippen LogP contribution in [0.5, 0.6) is 5.88 Å². The molecule has 2 heterocycles. The van der Waals surface area contributed by atoms with E-state index in [1.165, 1.54) is 0 Å². The average Bonchev–Trinajstić information content (AvgIpc) is 2.70. The predicted octanol–water partition coefficient (Wildman–Crippen LogP) is 4.15. The maximum Gasteiger partial charge on any atom is 0.274 e. The zero-order chi connectivity index (χ0) is 20.3. The van der Waals surface area contributed by atoms with E-state index in [0.717, 1.165) is 18.2 Å². The van der Waals surface area contributed by atoms with Crippen LogP contribution in [-0.4, -0.2) is 41.3 Å². The third-order valence-corrected chi connectivity index (χ3v) is 4.97. The second-order valence-electron chi connectivity index (χ2n) is 6.47. The number of rotatable bonds is 5. The molecule has 1 amide bonds. The third-order valence-electron chi connectivity index (χ3n) is 4.66. The van der Waals surface area contributed by atoms with Crippen molar-refractivity contribution in [2.75, 3.05) is 19.7 Å². The minimum Gasteiger partial charge on any atom is -0.478 e. The van der Waals surface area contributed by atoms with Crippen molar-refractivity contribution in [1.29, 1.82) is 0 Å². The fourth-order valence-corrected chi connectivity index (χ4v) is 3.39. The fraction of sp³-hybridized carbons (Fsp3) is 0.350. The lowest BCUT2D eigenvalue weighted by molar-refractivity contribution is 0.0643. The first-order chi connectivity index (χ1) is 13.4. The number of nitrogens with zero attached hydrogens (tertiary/aromatic N) is 2. The van der Waals surface area contributed by atoms with Gasteiger partial charge in [-0.05, 0) is 44.0 Å². The summed E-state index contributed by atoms with van der Waals surface area (Å²) in [6.07, 6.45) is 0.701. The number of piperidine rings is 1. The van der Waals surface area contributed by atoms with E-state index >= 15 is 0 Å². The van der Waals surface area contributed by atoms with Crippen molar-refractivity contribution in [3.63, 3.8) is 0 Å². The van der Waals surface area contributed by atoms with E-state index < -0.39 is 23.3 Å². The minimum atomic E-state index is -0.742. The molecule has 8 heteroatoms. The molecule has 148 valence electrons. The Morgan fingerprint density at radius 3 is 2.61 bits per heavy atom. The number of halogens is 3. The summed E-state index contributed by atoms with van der Waals surface area (Å²) >= 11 is 6.11. The lowest BCUT2D eigenvalue weighted by atomic mass is 9.88. The highest BCUT2D eigenvalue weighted by Crippen LogP contribution is 2.26. The van der Waals surface area contributed by atoms with E-state index in [9.17, 15) is 18.4 Å². The Morgan fingerprint density at radius 1 is 1.21 bits per heavy atom. The fourth-order valence-electron chi connectivity index (χ4n) is 3.20. The quantitative estimate of drug-likeness (QED) is 0.697. The van der Waals surface area contributed by atoms with Crippen LogP contribution in [0, 0.1) is 17.6 Å². The van der Waals surface area contributed by atoms with Gasteiger partial charge in [0.25, 0.3) is 5.91 Å². The maximum atomic E-state index is 13.9. The predicted molar refractivity (Wildman–Crippen MR) is 99.7 cm³/mol. The van der Waals surface area contributed by atoms with Crippen molar-refractivity contribution in [3.05, 3.63) is 58.2 Å². The minimum absolute atomic E-state index is 0.0913. The highest BCUT2D eigenvalue weighted by atomic mass is 35.5. The van der Waals surface area contributed by atoms with Crippen LogP contribution in [0.15, 0.2) is 30.3 Å². The maximum absolute atomic E-state index is 13.9. The number of carbonyl (C=O) groups excluding carboxylic acids is 2. The Balaban J connectivity index is 1.68. The van der Waals surface area contributed by atoms with Gasteiger partial charge in [0.2, 0.25) is 5.88 Å². The normalized spacial score (nSPS) is 14.8. The van der Waals surface area contributed by atoms with Gasteiger partial charge in [0.05, 0.1) is 17.2 Å². The zero-order valence-electron chi connectivity index (χ0n) is 15.3. The molecule has 5 nitrogen and oxygen atoms in total. The Bertz CT molecular complexity index is 899. The van der Waals surface area contributed by atoms with Crippen molar-refractivity contribution in [2.24, 2.45) is 5.92 Å². The summed E-state index contributed by atoms with van der Waals surface area (Å²) in [4.78, 5) is 31.0. The summed E-state index contributed by atoms with van der Waals surface area (Å²) in [6.45, 7) is 2.81. The van der Waals surface area contributed by atoms with Crippen LogP contribution < -0.4 is 4.74 Å². The van der Waals surface area contributed by atoms with Gasteiger partial charge in [-0.3, -0.25) is 9.59 Å². The molecular weight excluding hydrogens is 390 g/mol. The second kappa shape index (κ2) is 8.65. The number of ketones is 1. The van der Waals surface area contributed by atoms with Crippen molar-refractivity contribution >= 4 is 23.3 Å². The number of pyridine rings is 1. The van der Waals surface area contributed by atoms with Gasteiger partial charge in [-0.1, -0.05) is 11.6 Å². The van der Waals surface area contributed by atoms with Crippen LogP contribution in [-0.2, 0) is 0 Å². The van der Waals surface area contributed by atoms with Crippen LogP contribution in [0.3, 0.4) is 0 Å². The summed E-state index contributed by atoms with van der Waals surface area (Å²) in [5.41, 5.74) is -0.160. The number of Topliss-reactive ketones (excluding diaryl/α,β-unsaturated/α-hetero) is 1. The zero-order valence-corrected chi connectivity index (χ0v) is 16.0. The van der Waals surface area contributed by atoms with Gasteiger partial charge >= 0.3 is 0 Å². The van der Waals surface area contributed by atoms with E-state index in [1.54, 1.807) is 24.0 Å². The summed E-state index contributed by atoms with van der Waals surface area (Å²) in [5.74, 6) is -2.37. The number of ether oxygens (including phenoxy) is 1. The molecule has 0 spiro atoms. The molecule has 1 aromatic carbocycles. The first-order valence-electron chi connectivity index (χ1n) is 8.98. The molecule has 1 fully saturated rings. The Hall–Kier alpha value is -2.54. The molecule has 2 aromatic rings. The van der Waals surface area contributed by atoms with Crippen molar-refractivity contribution in [1.82, 2.24) is 9.88 Å². The average molecular weight is 409 g/mol. The van der Waals surface area contributed by atoms with Gasteiger partial charge in [-0.2, -0.15) is 0 Å². The molecule has 1 aliphatic rings. The van der Waals surface area contributed by atoms with E-state index in [0.29, 0.717) is 38.4 Å². The van der Waals surface area contributed by atoms with Crippen LogP contribution in [0.4, 0.5) is 8.78 Å². The van der Waals surface area contributed by atoms with Crippen molar-refractivity contribution in [3.8, 4) is 5.88 Å². The molecule has 0 aliphatic carbocycles. The highest BCUT2D eigenvalue weighted by Gasteiger charge is 2.31. The molecule has 0 saturated carbocycles. The largest absolute Gasteiger partial charge is 0.478 e. The van der Waals surface area contributed by atoms with Crippen molar-refractivity contribution < 1.29 is 23.1 Å². The molecule has 1 aliphatic heterocycles. The number of aromatic nitrogens is 1. The molecule has 0 N–H and O–H groups in total. The lowest BCUT2D eigenvalue weighted by Gasteiger charge is -2.31. The topological polar surface area (TPSA) is 59.5 Å². The van der Waals surface area contributed by atoms with Crippen LogP contribution in [0.25, 0.3) is 0 Å². The van der Waals surface area contributed by atoms with Gasteiger partial charge in [-0.25, -0.2) is 13.8 Å². The van der Waals surface area contributed by atoms with E-state index in [4.69, 9.17) is 16.3 Å². The Labute approximate surface area is 166 Å². The lowest BCUT2D eigenvalue weighted by Crippen LogP contribution is -2.40. The number of carbonyl (C=O) groups is 2. The third kappa shape index (κ3) is 4.30. The molecule has 0 atom stereocenters. The molecule has 28 heavy (non-hydrogen) atoms. The SMILES string of the molecule is CCOc1ccc(Cl)c(C(=O)N2CCC(C(=O)c3cc(F)ccc3F)CC2)n1. The monoisotopic (exact) mass is 408 g/mol. The molecule has 0 bridgehead atoms. The number of benzene rings is 1. The first-order valence-corrected chi connectivity index (χ1v) is 9.36. The number of likely N-dealkylation sites (tertiary alicyclic amines) is 1. The van der Waals surface area contributed by atoms with Crippen LogP contribution in [0.2, 0.25) is 5.02 Å². The first kappa shape index (κ1) is 20.2. The Kier molecular flexibility index (Phi) is 6.24. The summed E-state index contributed by atoms with van der Waals surface area (Å²) < 4.78 is 32.5. The van der Waals surface area contributed by atoms with Gasteiger partial charge in [0.15, 0.2) is 11.5 Å². The summed E-state index contributed by atoms with van der Waals surface area (Å²) in [5, 5.41) is 0.216. The molecule has 3 rings (SSSR count). The molecule has 0 radical (unpaired) electrons. The van der Waals surface area contributed by atoms with Gasteiger partial charge in [0.1, 0.15) is 11.6 Å². The number of amides is 1. The standard InChI is InChI=1S/C20H19ClF2N2O3/c1-2-28-17-6-4-15(21)18(24-17)20(27)25-9-7-12(8-10-25)19(26)14-11-13(22)3-5-16(14)23/h3-6,11-12H,2,7-10H2,1H3. The number of hydrogen-bond acceptors (Lipinski definition) is 4. The molecule has 1 aromatic heterocycles. The van der Waals surface area contributed by atoms with Crippen molar-refractivity contribution in [2.45, 2.75) is 19.8 Å². The van der Waals surface area contributed by atoms with Crippen LogP contribution >= 0.6 is 11.6 Å². The Morgan fingerprint density at radius 2 is 1.93 bits per heavy atom. The summed E-state index contributed by atoms with van der Waals surface area (Å²) in [7, 11) is 0. The second-order valence-corrected chi connectivity index (χ2v) is 6.88. The highest BCUT2D eigenvalue weighted by molar-refractivity contribution is 6.33. The smallest absolute Gasteiger partial charge is 0.274 e. The molecule has 0 unspecified atom stereocenters. The van der Waals surface area contributed by atoms with Crippen LogP contribution in [0.1, 0.15) is 40.6 Å². The molecular formula is C20H19ClF2N2O3. The van der Waals surface area contributed by atoms with E-state index in [1.807, 2.05) is 0 Å². The molecule has 1 saturated heterocycles. The van der Waals surface area contributed by atoms with Gasteiger partial charge in [-0.15, -0.1) is 0 Å². The van der Waals surface area contributed by atoms with Gasteiger partial charge in [0, 0.05) is 25.1 Å². The summed E-state index contributed by atoms with van der Waals surface area (Å²) in [6, 6.07) is 5.97. The van der Waals surface area contributed by atoms with E-state index in [-0.39, 0.29) is 22.2 Å². The number of hydrogen-bond donors (Lipinski definition) is 0. The van der Waals surface area contributed by atoms with Gasteiger partial charge < -0.3 is 9.64 Å². The van der Waals surface area contributed by atoms with E-state index in [2.05, 4.69) is 4.98 Å².